The molecule has 0 aromatic carbocycles. The zero-order valence-electron chi connectivity index (χ0n) is 20.2. The van der Waals surface area contributed by atoms with Crippen LogP contribution in [0.4, 0.5) is 14.6 Å². The molecule has 3 heterocycles. The van der Waals surface area contributed by atoms with Crippen LogP contribution in [0.25, 0.3) is 10.2 Å². The van der Waals surface area contributed by atoms with Crippen molar-refractivity contribution >= 4 is 39.0 Å². The maximum Gasteiger partial charge on any atom is 0.250 e. The van der Waals surface area contributed by atoms with E-state index in [0.717, 1.165) is 10.6 Å². The van der Waals surface area contributed by atoms with Crippen LogP contribution in [0.1, 0.15) is 88.0 Å². The summed E-state index contributed by atoms with van der Waals surface area (Å²) in [6, 6.07) is 0.551. The summed E-state index contributed by atoms with van der Waals surface area (Å²) in [4.78, 5) is 11.5. The van der Waals surface area contributed by atoms with Gasteiger partial charge in [-0.1, -0.05) is 30.9 Å². The van der Waals surface area contributed by atoms with Crippen molar-refractivity contribution in [1.82, 2.24) is 15.3 Å². The Morgan fingerprint density at radius 1 is 1.03 bits per heavy atom. The summed E-state index contributed by atoms with van der Waals surface area (Å²) in [5.41, 5.74) is 3.05. The Balaban J connectivity index is 0.000000160. The minimum absolute atomic E-state index is 0.00694. The maximum absolute atomic E-state index is 12.2. The number of nitrogens with zero attached hydrogens (tertiary/aromatic N) is 2. The van der Waals surface area contributed by atoms with E-state index in [0.29, 0.717) is 24.4 Å². The standard InChI is InChI=1S/C15H18ClN3S.C6H10.C5H9F2N/c16-15-18-13(17-9-5-2-1-3-6-9)12-10-7-4-8-11(10)20-14(12)19-15;1-6-4-2-3-5-6;6-5(7)1-3-8-4-2-5/h9H,1-8H2,(H,17,18,19);4H,2-3,5H2,1H3;8H,1-4H2. The normalized spacial score (nSPS) is 21.7. The summed E-state index contributed by atoms with van der Waals surface area (Å²) >= 11 is 7.91. The molecule has 34 heavy (non-hydrogen) atoms. The lowest BCUT2D eigenvalue weighted by molar-refractivity contribution is -0.0274. The van der Waals surface area contributed by atoms with Gasteiger partial charge in [0, 0.05) is 36.9 Å². The van der Waals surface area contributed by atoms with E-state index >= 15 is 0 Å². The summed E-state index contributed by atoms with van der Waals surface area (Å²) in [5.74, 6) is -1.41. The maximum atomic E-state index is 12.2. The van der Waals surface area contributed by atoms with E-state index in [2.05, 4.69) is 33.6 Å². The first-order chi connectivity index (χ1) is 16.4. The van der Waals surface area contributed by atoms with Crippen molar-refractivity contribution in [2.45, 2.75) is 102 Å². The van der Waals surface area contributed by atoms with Crippen molar-refractivity contribution < 1.29 is 8.78 Å². The number of halogens is 3. The van der Waals surface area contributed by atoms with Crippen molar-refractivity contribution in [3.05, 3.63) is 27.4 Å². The topological polar surface area (TPSA) is 49.8 Å². The number of fused-ring (bicyclic) bond motifs is 3. The van der Waals surface area contributed by atoms with Crippen molar-refractivity contribution in [3.8, 4) is 0 Å². The van der Waals surface area contributed by atoms with Crippen LogP contribution in [-0.2, 0) is 12.8 Å². The van der Waals surface area contributed by atoms with E-state index in [1.807, 2.05) is 0 Å². The summed E-state index contributed by atoms with van der Waals surface area (Å²) in [5, 5.41) is 8.13. The third kappa shape index (κ3) is 7.11. The second kappa shape index (κ2) is 12.1. The molecule has 4 nitrogen and oxygen atoms in total. The van der Waals surface area contributed by atoms with E-state index in [1.165, 1.54) is 86.5 Å². The number of rotatable bonds is 2. The van der Waals surface area contributed by atoms with Crippen molar-refractivity contribution in [3.63, 3.8) is 0 Å². The Labute approximate surface area is 211 Å². The van der Waals surface area contributed by atoms with E-state index in [4.69, 9.17) is 11.6 Å². The van der Waals surface area contributed by atoms with Gasteiger partial charge in [-0.3, -0.25) is 0 Å². The molecule has 2 fully saturated rings. The number of aromatic nitrogens is 2. The number of hydrogen-bond acceptors (Lipinski definition) is 5. The zero-order valence-corrected chi connectivity index (χ0v) is 21.8. The molecule has 0 spiro atoms. The fraction of sp³-hybridized carbons (Fsp3) is 0.692. The summed E-state index contributed by atoms with van der Waals surface area (Å²) in [6.07, 6.45) is 16.5. The predicted molar refractivity (Wildman–Crippen MR) is 140 cm³/mol. The number of piperidine rings is 1. The van der Waals surface area contributed by atoms with Crippen LogP contribution < -0.4 is 10.6 Å². The summed E-state index contributed by atoms with van der Waals surface area (Å²) < 4.78 is 24.3. The Morgan fingerprint density at radius 3 is 2.38 bits per heavy atom. The molecule has 2 N–H and O–H groups in total. The Bertz CT molecular complexity index is 977. The fourth-order valence-corrected chi connectivity index (χ4v) is 6.62. The molecule has 0 atom stereocenters. The van der Waals surface area contributed by atoms with Gasteiger partial charge in [-0.05, 0) is 75.5 Å². The molecule has 188 valence electrons. The van der Waals surface area contributed by atoms with E-state index < -0.39 is 5.92 Å². The van der Waals surface area contributed by atoms with Gasteiger partial charge in [0.25, 0.3) is 5.92 Å². The molecule has 2 aromatic rings. The highest BCUT2D eigenvalue weighted by Crippen LogP contribution is 2.40. The molecular formula is C26H37ClF2N4S. The Morgan fingerprint density at radius 2 is 1.79 bits per heavy atom. The SMILES string of the molecule is CC1=CCCC1.Clc1nc(NC2CCCCC2)c2c3c(sc2n1)CCC3.FC1(F)CCNCC1. The highest BCUT2D eigenvalue weighted by molar-refractivity contribution is 7.19. The van der Waals surface area contributed by atoms with Gasteiger partial charge in [0.2, 0.25) is 5.28 Å². The van der Waals surface area contributed by atoms with Crippen molar-refractivity contribution in [1.29, 1.82) is 0 Å². The lowest BCUT2D eigenvalue weighted by Gasteiger charge is -2.23. The second-order valence-corrected chi connectivity index (χ2v) is 11.3. The van der Waals surface area contributed by atoms with Gasteiger partial charge in [0.1, 0.15) is 10.6 Å². The van der Waals surface area contributed by atoms with Crippen LogP contribution in [0.5, 0.6) is 0 Å². The Hall–Kier alpha value is -1.31. The van der Waals surface area contributed by atoms with Crippen LogP contribution in [0.3, 0.4) is 0 Å². The van der Waals surface area contributed by atoms with Gasteiger partial charge < -0.3 is 10.6 Å². The zero-order chi connectivity index (χ0) is 24.0. The smallest absolute Gasteiger partial charge is 0.250 e. The van der Waals surface area contributed by atoms with Gasteiger partial charge in [0.15, 0.2) is 0 Å². The van der Waals surface area contributed by atoms with E-state index in [9.17, 15) is 8.78 Å². The molecule has 6 rings (SSSR count). The van der Waals surface area contributed by atoms with Gasteiger partial charge >= 0.3 is 0 Å². The fourth-order valence-electron chi connectivity index (χ4n) is 5.14. The molecule has 1 saturated heterocycles. The molecule has 8 heteroatoms. The first-order valence-electron chi connectivity index (χ1n) is 12.9. The van der Waals surface area contributed by atoms with Crippen LogP contribution in [-0.4, -0.2) is 35.0 Å². The minimum Gasteiger partial charge on any atom is -0.367 e. The highest BCUT2D eigenvalue weighted by atomic mass is 35.5. The average molecular weight is 511 g/mol. The van der Waals surface area contributed by atoms with E-state index in [-0.39, 0.29) is 12.8 Å². The first-order valence-corrected chi connectivity index (χ1v) is 14.1. The lowest BCUT2D eigenvalue weighted by Crippen LogP contribution is -2.35. The van der Waals surface area contributed by atoms with Crippen LogP contribution in [0, 0.1) is 0 Å². The molecule has 0 amide bonds. The molecule has 3 aliphatic carbocycles. The number of nitrogens with one attached hydrogen (secondary N) is 2. The molecule has 0 radical (unpaired) electrons. The third-order valence-electron chi connectivity index (χ3n) is 7.09. The molecule has 0 bridgehead atoms. The second-order valence-electron chi connectivity index (χ2n) is 9.91. The molecule has 1 saturated carbocycles. The quantitative estimate of drug-likeness (QED) is 0.321. The number of hydrogen-bond donors (Lipinski definition) is 2. The van der Waals surface area contributed by atoms with Gasteiger partial charge in [0.05, 0.1) is 5.39 Å². The van der Waals surface area contributed by atoms with Crippen LogP contribution >= 0.6 is 22.9 Å². The average Bonchev–Trinajstić information content (AvgIpc) is 3.53. The molecular weight excluding hydrogens is 474 g/mol. The van der Waals surface area contributed by atoms with E-state index in [1.54, 1.807) is 16.9 Å². The van der Waals surface area contributed by atoms with Crippen LogP contribution in [0.2, 0.25) is 5.28 Å². The predicted octanol–water partition coefficient (Wildman–Crippen LogP) is 7.70. The highest BCUT2D eigenvalue weighted by Gasteiger charge is 2.30. The van der Waals surface area contributed by atoms with Crippen molar-refractivity contribution in [2.24, 2.45) is 0 Å². The van der Waals surface area contributed by atoms with Gasteiger partial charge in [-0.25, -0.2) is 18.7 Å². The van der Waals surface area contributed by atoms with Gasteiger partial charge in [-0.2, -0.15) is 0 Å². The molecule has 2 aromatic heterocycles. The lowest BCUT2D eigenvalue weighted by atomic mass is 9.95. The number of anilines is 1. The largest absolute Gasteiger partial charge is 0.367 e. The van der Waals surface area contributed by atoms with Gasteiger partial charge in [-0.15, -0.1) is 11.3 Å². The number of allylic oxidation sites excluding steroid dienone is 2. The Kier molecular flexibility index (Phi) is 9.16. The summed E-state index contributed by atoms with van der Waals surface area (Å²) in [6.45, 7) is 3.13. The molecule has 0 unspecified atom stereocenters. The molecule has 1 aliphatic heterocycles. The van der Waals surface area contributed by atoms with Crippen LogP contribution in [0.15, 0.2) is 11.6 Å². The molecule has 4 aliphatic rings. The van der Waals surface area contributed by atoms with Crippen molar-refractivity contribution in [2.75, 3.05) is 18.4 Å². The minimum atomic E-state index is -2.38. The monoisotopic (exact) mass is 510 g/mol. The number of alkyl halides is 2. The third-order valence-corrected chi connectivity index (χ3v) is 8.44. The summed E-state index contributed by atoms with van der Waals surface area (Å²) in [7, 11) is 0. The first kappa shape index (κ1) is 25.8. The number of thiophene rings is 1. The number of aryl methyl sites for hydroxylation is 2.